The van der Waals surface area contributed by atoms with Crippen molar-refractivity contribution in [2.24, 2.45) is 5.84 Å². The van der Waals surface area contributed by atoms with Crippen LogP contribution in [-0.4, -0.2) is 18.8 Å². The van der Waals surface area contributed by atoms with Crippen LogP contribution in [0, 0.1) is 11.6 Å². The van der Waals surface area contributed by atoms with E-state index in [0.717, 1.165) is 31.9 Å². The molecule has 1 saturated heterocycles. The second kappa shape index (κ2) is 6.22. The molecule has 1 fully saturated rings. The molecular weight excluding hydrogens is 238 g/mol. The third kappa shape index (κ3) is 3.48. The molecule has 0 aliphatic carbocycles. The first kappa shape index (κ1) is 13.4. The molecule has 1 aliphatic rings. The molecule has 2 atom stereocenters. The van der Waals surface area contributed by atoms with Gasteiger partial charge in [-0.3, -0.25) is 11.3 Å². The lowest BCUT2D eigenvalue weighted by Gasteiger charge is -2.19. The number of rotatable bonds is 5. The third-order valence-corrected chi connectivity index (χ3v) is 3.29. The fourth-order valence-corrected chi connectivity index (χ4v) is 2.31. The number of ether oxygens (including phenoxy) is 1. The highest BCUT2D eigenvalue weighted by molar-refractivity contribution is 5.19. The van der Waals surface area contributed by atoms with Gasteiger partial charge in [-0.15, -0.1) is 0 Å². The molecule has 1 heterocycles. The summed E-state index contributed by atoms with van der Waals surface area (Å²) in [6.45, 7) is 0.785. The van der Waals surface area contributed by atoms with Crippen molar-refractivity contribution in [1.29, 1.82) is 0 Å². The topological polar surface area (TPSA) is 47.3 Å². The largest absolute Gasteiger partial charge is 0.378 e. The van der Waals surface area contributed by atoms with Crippen LogP contribution in [0.4, 0.5) is 8.78 Å². The molecule has 1 aromatic carbocycles. The Morgan fingerprint density at radius 2 is 2.28 bits per heavy atom. The SMILES string of the molecule is NNC(Cc1ccc(F)cc1F)CC1CCCO1. The van der Waals surface area contributed by atoms with Gasteiger partial charge in [0.05, 0.1) is 6.10 Å². The number of hydrazine groups is 1. The molecule has 1 aromatic rings. The number of hydrogen-bond donors (Lipinski definition) is 2. The Labute approximate surface area is 105 Å². The maximum atomic E-state index is 13.5. The molecule has 100 valence electrons. The van der Waals surface area contributed by atoms with Crippen molar-refractivity contribution in [2.75, 3.05) is 6.61 Å². The van der Waals surface area contributed by atoms with E-state index < -0.39 is 11.6 Å². The van der Waals surface area contributed by atoms with Crippen LogP contribution in [0.2, 0.25) is 0 Å². The van der Waals surface area contributed by atoms with Gasteiger partial charge in [-0.1, -0.05) is 6.07 Å². The highest BCUT2D eigenvalue weighted by atomic mass is 19.1. The van der Waals surface area contributed by atoms with Gasteiger partial charge in [-0.25, -0.2) is 8.78 Å². The van der Waals surface area contributed by atoms with E-state index in [0.29, 0.717) is 12.0 Å². The molecule has 18 heavy (non-hydrogen) atoms. The van der Waals surface area contributed by atoms with E-state index >= 15 is 0 Å². The highest BCUT2D eigenvalue weighted by Crippen LogP contribution is 2.19. The summed E-state index contributed by atoms with van der Waals surface area (Å²) in [7, 11) is 0. The van der Waals surface area contributed by atoms with Crippen molar-refractivity contribution < 1.29 is 13.5 Å². The van der Waals surface area contributed by atoms with Crippen LogP contribution in [0.25, 0.3) is 0 Å². The predicted octanol–water partition coefficient (Wildman–Crippen LogP) is 1.91. The molecule has 5 heteroatoms. The van der Waals surface area contributed by atoms with Gasteiger partial charge in [0.15, 0.2) is 0 Å². The van der Waals surface area contributed by atoms with E-state index in [9.17, 15) is 8.78 Å². The lowest BCUT2D eigenvalue weighted by atomic mass is 9.99. The van der Waals surface area contributed by atoms with Crippen LogP contribution >= 0.6 is 0 Å². The second-order valence-corrected chi connectivity index (χ2v) is 4.67. The van der Waals surface area contributed by atoms with E-state index in [2.05, 4.69) is 5.43 Å². The van der Waals surface area contributed by atoms with Gasteiger partial charge in [0, 0.05) is 18.7 Å². The van der Waals surface area contributed by atoms with Crippen LogP contribution in [0.5, 0.6) is 0 Å². The smallest absolute Gasteiger partial charge is 0.129 e. The summed E-state index contributed by atoms with van der Waals surface area (Å²) in [5, 5.41) is 0. The molecule has 2 rings (SSSR count). The summed E-state index contributed by atoms with van der Waals surface area (Å²) < 4.78 is 31.8. The first-order chi connectivity index (χ1) is 8.69. The van der Waals surface area contributed by atoms with Gasteiger partial charge >= 0.3 is 0 Å². The van der Waals surface area contributed by atoms with Crippen LogP contribution in [0.3, 0.4) is 0 Å². The number of benzene rings is 1. The Morgan fingerprint density at radius 1 is 1.44 bits per heavy atom. The maximum Gasteiger partial charge on any atom is 0.129 e. The number of nitrogens with two attached hydrogens (primary N) is 1. The maximum absolute atomic E-state index is 13.5. The fourth-order valence-electron chi connectivity index (χ4n) is 2.31. The Bertz CT molecular complexity index is 395. The minimum absolute atomic E-state index is 0.0620. The fraction of sp³-hybridized carbons (Fsp3) is 0.538. The summed E-state index contributed by atoms with van der Waals surface area (Å²) in [5.41, 5.74) is 3.15. The first-order valence-corrected chi connectivity index (χ1v) is 6.20. The van der Waals surface area contributed by atoms with Crippen molar-refractivity contribution in [3.63, 3.8) is 0 Å². The molecule has 3 nitrogen and oxygen atoms in total. The number of hydrogen-bond acceptors (Lipinski definition) is 3. The molecule has 0 amide bonds. The second-order valence-electron chi connectivity index (χ2n) is 4.67. The van der Waals surface area contributed by atoms with Gasteiger partial charge in [-0.05, 0) is 37.3 Å². The van der Waals surface area contributed by atoms with Crippen LogP contribution in [0.15, 0.2) is 18.2 Å². The summed E-state index contributed by atoms with van der Waals surface area (Å²) in [6, 6.07) is 3.56. The minimum Gasteiger partial charge on any atom is -0.378 e. The molecule has 0 radical (unpaired) electrons. The number of halogens is 2. The Hall–Kier alpha value is -1.04. The Balaban J connectivity index is 1.96. The van der Waals surface area contributed by atoms with Crippen molar-refractivity contribution in [3.05, 3.63) is 35.4 Å². The number of nitrogens with one attached hydrogen (secondary N) is 1. The average molecular weight is 256 g/mol. The molecular formula is C13H18F2N2O. The zero-order valence-corrected chi connectivity index (χ0v) is 10.2. The van der Waals surface area contributed by atoms with Crippen LogP contribution in [0.1, 0.15) is 24.8 Å². The Morgan fingerprint density at radius 3 is 2.89 bits per heavy atom. The first-order valence-electron chi connectivity index (χ1n) is 6.20. The van der Waals surface area contributed by atoms with Gasteiger partial charge in [0.1, 0.15) is 11.6 Å². The summed E-state index contributed by atoms with van der Waals surface area (Å²) in [6.07, 6.45) is 3.45. The monoisotopic (exact) mass is 256 g/mol. The molecule has 0 spiro atoms. The standard InChI is InChI=1S/C13H18F2N2O/c14-10-4-3-9(13(15)7-10)6-11(17-16)8-12-2-1-5-18-12/h3-4,7,11-12,17H,1-2,5-6,8,16H2. The minimum atomic E-state index is -0.562. The normalized spacial score (nSPS) is 21.2. The van der Waals surface area contributed by atoms with Crippen molar-refractivity contribution >= 4 is 0 Å². The van der Waals surface area contributed by atoms with Crippen LogP contribution < -0.4 is 11.3 Å². The summed E-state index contributed by atoms with van der Waals surface area (Å²) in [4.78, 5) is 0. The zero-order valence-electron chi connectivity index (χ0n) is 10.2. The van der Waals surface area contributed by atoms with Crippen molar-refractivity contribution in [2.45, 2.75) is 37.8 Å². The lowest BCUT2D eigenvalue weighted by molar-refractivity contribution is 0.0945. The van der Waals surface area contributed by atoms with Gasteiger partial charge in [0.2, 0.25) is 0 Å². The molecule has 3 N–H and O–H groups in total. The van der Waals surface area contributed by atoms with Gasteiger partial charge in [0.25, 0.3) is 0 Å². The quantitative estimate of drug-likeness (QED) is 0.625. The van der Waals surface area contributed by atoms with E-state index in [-0.39, 0.29) is 12.1 Å². The molecule has 0 aromatic heterocycles. The average Bonchev–Trinajstić information content (AvgIpc) is 2.84. The van der Waals surface area contributed by atoms with E-state index in [1.165, 1.54) is 12.1 Å². The molecule has 1 aliphatic heterocycles. The zero-order chi connectivity index (χ0) is 13.0. The predicted molar refractivity (Wildman–Crippen MR) is 64.8 cm³/mol. The van der Waals surface area contributed by atoms with E-state index in [1.54, 1.807) is 0 Å². The third-order valence-electron chi connectivity index (χ3n) is 3.29. The van der Waals surface area contributed by atoms with Crippen molar-refractivity contribution in [3.8, 4) is 0 Å². The summed E-state index contributed by atoms with van der Waals surface area (Å²) >= 11 is 0. The Kier molecular flexibility index (Phi) is 4.63. The lowest BCUT2D eigenvalue weighted by Crippen LogP contribution is -2.39. The van der Waals surface area contributed by atoms with E-state index in [4.69, 9.17) is 10.6 Å². The van der Waals surface area contributed by atoms with Gasteiger partial charge < -0.3 is 4.74 Å². The molecule has 2 unspecified atom stereocenters. The van der Waals surface area contributed by atoms with Crippen LogP contribution in [-0.2, 0) is 11.2 Å². The molecule has 0 bridgehead atoms. The van der Waals surface area contributed by atoms with Gasteiger partial charge in [-0.2, -0.15) is 0 Å². The molecule has 0 saturated carbocycles. The van der Waals surface area contributed by atoms with E-state index in [1.807, 2.05) is 0 Å². The van der Waals surface area contributed by atoms with Crippen molar-refractivity contribution in [1.82, 2.24) is 5.43 Å². The highest BCUT2D eigenvalue weighted by Gasteiger charge is 2.21. The summed E-state index contributed by atoms with van der Waals surface area (Å²) in [5.74, 6) is 4.39.